The Morgan fingerprint density at radius 2 is 1.96 bits per heavy atom. The number of aliphatic carboxylic acids is 1. The number of carboxylic acid groups (broad SMARTS) is 1. The Balaban J connectivity index is 2.31. The number of carbonyl (C=O) groups is 2. The summed E-state index contributed by atoms with van der Waals surface area (Å²) in [5.74, 6) is -1.22. The zero-order valence-corrected chi connectivity index (χ0v) is 14.4. The molecule has 1 atom stereocenters. The van der Waals surface area contributed by atoms with E-state index in [4.69, 9.17) is 0 Å². The van der Waals surface area contributed by atoms with Gasteiger partial charge in [-0.1, -0.05) is 13.8 Å². The molecule has 0 aliphatic carbocycles. The van der Waals surface area contributed by atoms with Gasteiger partial charge in [0.25, 0.3) is 11.6 Å². The number of likely N-dealkylation sites (tertiary alicyclic amines) is 1. The average molecular weight is 349 g/mol. The van der Waals surface area contributed by atoms with Crippen LogP contribution in [-0.2, 0) is 4.79 Å². The smallest absolute Gasteiger partial charge is 0.326 e. The third kappa shape index (κ3) is 4.68. The summed E-state index contributed by atoms with van der Waals surface area (Å²) in [6, 6.07) is 3.25. The number of benzene rings is 1. The Bertz CT molecular complexity index is 668. The number of nitrogens with zero attached hydrogens (tertiary/aromatic N) is 2. The highest BCUT2D eigenvalue weighted by atomic mass is 16.6. The maximum atomic E-state index is 12.6. The minimum absolute atomic E-state index is 0.00872. The first-order chi connectivity index (χ1) is 11.8. The van der Waals surface area contributed by atoms with Gasteiger partial charge in [0.05, 0.1) is 4.92 Å². The molecule has 1 amide bonds. The Morgan fingerprint density at radius 3 is 2.48 bits per heavy atom. The quantitative estimate of drug-likeness (QED) is 0.578. The van der Waals surface area contributed by atoms with Crippen molar-refractivity contribution >= 4 is 23.3 Å². The topological polar surface area (TPSA) is 113 Å². The molecule has 25 heavy (non-hydrogen) atoms. The highest BCUT2D eigenvalue weighted by Crippen LogP contribution is 2.26. The number of amides is 1. The van der Waals surface area contributed by atoms with Gasteiger partial charge in [0.15, 0.2) is 0 Å². The third-order valence-electron chi connectivity index (χ3n) is 4.16. The molecule has 0 bridgehead atoms. The van der Waals surface area contributed by atoms with Crippen LogP contribution < -0.4 is 5.32 Å². The number of hydrogen-bond acceptors (Lipinski definition) is 5. The molecule has 1 aliphatic rings. The molecule has 0 unspecified atom stereocenters. The minimum atomic E-state index is -1.00. The Hall–Kier alpha value is -2.64. The van der Waals surface area contributed by atoms with E-state index in [-0.39, 0.29) is 23.1 Å². The van der Waals surface area contributed by atoms with Crippen molar-refractivity contribution in [1.82, 2.24) is 4.90 Å². The van der Waals surface area contributed by atoms with Crippen molar-refractivity contribution in [3.63, 3.8) is 0 Å². The van der Waals surface area contributed by atoms with Gasteiger partial charge >= 0.3 is 5.97 Å². The molecule has 1 saturated heterocycles. The number of nitro groups is 1. The number of nitro benzene ring substituents is 1. The van der Waals surface area contributed by atoms with Gasteiger partial charge in [-0.2, -0.15) is 0 Å². The number of rotatable bonds is 7. The summed E-state index contributed by atoms with van der Waals surface area (Å²) in [7, 11) is 0. The molecule has 2 rings (SSSR count). The monoisotopic (exact) mass is 349 g/mol. The molecule has 1 aromatic rings. The summed E-state index contributed by atoms with van der Waals surface area (Å²) >= 11 is 0. The maximum absolute atomic E-state index is 12.6. The van der Waals surface area contributed by atoms with E-state index in [0.29, 0.717) is 25.2 Å². The summed E-state index contributed by atoms with van der Waals surface area (Å²) in [5, 5.41) is 23.4. The molecular weight excluding hydrogens is 326 g/mol. The molecule has 1 aliphatic heterocycles. The van der Waals surface area contributed by atoms with Gasteiger partial charge in [0.2, 0.25) is 0 Å². The van der Waals surface area contributed by atoms with Crippen molar-refractivity contribution in [3.8, 4) is 0 Å². The van der Waals surface area contributed by atoms with E-state index in [1.807, 2.05) is 13.8 Å². The van der Waals surface area contributed by atoms with Crippen molar-refractivity contribution in [2.24, 2.45) is 5.92 Å². The van der Waals surface area contributed by atoms with Gasteiger partial charge < -0.3 is 15.3 Å². The molecule has 1 fully saturated rings. The second-order valence-corrected chi connectivity index (χ2v) is 6.65. The van der Waals surface area contributed by atoms with Gasteiger partial charge in [-0.3, -0.25) is 14.9 Å². The van der Waals surface area contributed by atoms with E-state index < -0.39 is 16.9 Å². The van der Waals surface area contributed by atoms with Crippen LogP contribution in [0, 0.1) is 16.0 Å². The first-order valence-electron chi connectivity index (χ1n) is 8.36. The van der Waals surface area contributed by atoms with Crippen molar-refractivity contribution < 1.29 is 19.6 Å². The van der Waals surface area contributed by atoms with E-state index in [1.165, 1.54) is 18.2 Å². The van der Waals surface area contributed by atoms with Crippen LogP contribution in [0.4, 0.5) is 11.4 Å². The van der Waals surface area contributed by atoms with Crippen LogP contribution in [0.25, 0.3) is 0 Å². The standard InChI is InChI=1S/C17H23N3O5/c1-11(2)9-14(17(22)23)18-12-5-6-15(20(24)25)13(10-12)16(21)19-7-3-4-8-19/h5-6,10-11,14,18H,3-4,7-9H2,1-2H3,(H,22,23)/t14-/m0/s1. The maximum Gasteiger partial charge on any atom is 0.326 e. The summed E-state index contributed by atoms with van der Waals surface area (Å²) < 4.78 is 0. The predicted molar refractivity (Wildman–Crippen MR) is 92.7 cm³/mol. The van der Waals surface area contributed by atoms with Crippen LogP contribution in [0.2, 0.25) is 0 Å². The number of carboxylic acids is 1. The minimum Gasteiger partial charge on any atom is -0.480 e. The molecule has 1 heterocycles. The number of nitrogens with one attached hydrogen (secondary N) is 1. The molecule has 0 saturated carbocycles. The van der Waals surface area contributed by atoms with Crippen molar-refractivity contribution in [3.05, 3.63) is 33.9 Å². The molecule has 2 N–H and O–H groups in total. The largest absolute Gasteiger partial charge is 0.480 e. The van der Waals surface area contributed by atoms with Gasteiger partial charge in [0, 0.05) is 24.8 Å². The molecule has 0 spiro atoms. The number of hydrogen-bond donors (Lipinski definition) is 2. The van der Waals surface area contributed by atoms with Gasteiger partial charge in [-0.25, -0.2) is 4.79 Å². The van der Waals surface area contributed by atoms with Gasteiger partial charge in [0.1, 0.15) is 11.6 Å². The summed E-state index contributed by atoms with van der Waals surface area (Å²) in [5.41, 5.74) is 0.116. The van der Waals surface area contributed by atoms with Crippen LogP contribution in [0.1, 0.15) is 43.5 Å². The Kier molecular flexibility index (Phi) is 5.95. The lowest BCUT2D eigenvalue weighted by Crippen LogP contribution is -2.31. The fourth-order valence-electron chi connectivity index (χ4n) is 2.94. The molecule has 1 aromatic carbocycles. The second-order valence-electron chi connectivity index (χ2n) is 6.65. The first-order valence-corrected chi connectivity index (χ1v) is 8.36. The lowest BCUT2D eigenvalue weighted by atomic mass is 10.0. The fraction of sp³-hybridized carbons (Fsp3) is 0.529. The highest BCUT2D eigenvalue weighted by molar-refractivity contribution is 5.99. The summed E-state index contributed by atoms with van der Waals surface area (Å²) in [4.78, 5) is 36.2. The van der Waals surface area contributed by atoms with Crippen LogP contribution in [-0.4, -0.2) is 45.9 Å². The fourth-order valence-corrected chi connectivity index (χ4v) is 2.94. The van der Waals surface area contributed by atoms with Crippen molar-refractivity contribution in [2.45, 2.75) is 39.2 Å². The lowest BCUT2D eigenvalue weighted by molar-refractivity contribution is -0.385. The third-order valence-corrected chi connectivity index (χ3v) is 4.16. The normalized spacial score (nSPS) is 15.2. The molecule has 136 valence electrons. The van der Waals surface area contributed by atoms with E-state index in [2.05, 4.69) is 5.32 Å². The molecular formula is C17H23N3O5. The average Bonchev–Trinajstić information content (AvgIpc) is 3.07. The number of carbonyl (C=O) groups excluding carboxylic acids is 1. The summed E-state index contributed by atoms with van der Waals surface area (Å²) in [6.07, 6.45) is 2.17. The van der Waals surface area contributed by atoms with Crippen LogP contribution in [0.5, 0.6) is 0 Å². The number of anilines is 1. The van der Waals surface area contributed by atoms with E-state index in [9.17, 15) is 24.8 Å². The van der Waals surface area contributed by atoms with Crippen LogP contribution in [0.15, 0.2) is 18.2 Å². The summed E-state index contributed by atoms with van der Waals surface area (Å²) in [6.45, 7) is 4.99. The molecule has 8 nitrogen and oxygen atoms in total. The predicted octanol–water partition coefficient (Wildman–Crippen LogP) is 2.74. The van der Waals surface area contributed by atoms with Crippen molar-refractivity contribution in [2.75, 3.05) is 18.4 Å². The Morgan fingerprint density at radius 1 is 1.32 bits per heavy atom. The van der Waals surface area contributed by atoms with Gasteiger partial charge in [-0.05, 0) is 37.3 Å². The zero-order chi connectivity index (χ0) is 18.6. The van der Waals surface area contributed by atoms with E-state index in [1.54, 1.807) is 4.90 Å². The van der Waals surface area contributed by atoms with Gasteiger partial charge in [-0.15, -0.1) is 0 Å². The van der Waals surface area contributed by atoms with E-state index in [0.717, 1.165) is 12.8 Å². The van der Waals surface area contributed by atoms with E-state index >= 15 is 0 Å². The van der Waals surface area contributed by atoms with Crippen LogP contribution in [0.3, 0.4) is 0 Å². The molecule has 0 aromatic heterocycles. The Labute approximate surface area is 146 Å². The van der Waals surface area contributed by atoms with Crippen molar-refractivity contribution in [1.29, 1.82) is 0 Å². The highest BCUT2D eigenvalue weighted by Gasteiger charge is 2.28. The van der Waals surface area contributed by atoms with Crippen LogP contribution >= 0.6 is 0 Å². The zero-order valence-electron chi connectivity index (χ0n) is 14.4. The molecule has 8 heteroatoms. The first kappa shape index (κ1) is 18.7. The molecule has 0 radical (unpaired) electrons. The lowest BCUT2D eigenvalue weighted by Gasteiger charge is -2.19. The second kappa shape index (κ2) is 7.96. The SMILES string of the molecule is CC(C)C[C@H](Nc1ccc([N+](=O)[O-])c(C(=O)N2CCCC2)c1)C(=O)O.